The van der Waals surface area contributed by atoms with Crippen LogP contribution >= 0.6 is 0 Å². The average Bonchev–Trinajstić information content (AvgIpc) is 2.17. The van der Waals surface area contributed by atoms with Crippen molar-refractivity contribution in [1.29, 1.82) is 0 Å². The molecule has 0 saturated carbocycles. The molecule has 1 heterocycles. The van der Waals surface area contributed by atoms with Crippen molar-refractivity contribution in [2.75, 3.05) is 13.6 Å². The Labute approximate surface area is 90.1 Å². The average molecular weight is 211 g/mol. The van der Waals surface area contributed by atoms with E-state index in [9.17, 15) is 4.39 Å². The molecule has 2 N–H and O–H groups in total. The standard InChI is InChI=1S/C11H18FN3/c1-11(2,8-13)15(3)7-9-4-10(12)6-14-5-9/h4-6H,7-8,13H2,1-3H3. The van der Waals surface area contributed by atoms with Gasteiger partial charge in [-0.2, -0.15) is 0 Å². The third-order valence-electron chi connectivity index (χ3n) is 2.71. The summed E-state index contributed by atoms with van der Waals surface area (Å²) in [7, 11) is 1.97. The SMILES string of the molecule is CN(Cc1cncc(F)c1)C(C)(C)CN. The van der Waals surface area contributed by atoms with Gasteiger partial charge < -0.3 is 5.73 Å². The Morgan fingerprint density at radius 2 is 2.13 bits per heavy atom. The highest BCUT2D eigenvalue weighted by molar-refractivity contribution is 5.10. The molecule has 15 heavy (non-hydrogen) atoms. The van der Waals surface area contributed by atoms with E-state index >= 15 is 0 Å². The van der Waals surface area contributed by atoms with Crippen LogP contribution in [0.1, 0.15) is 19.4 Å². The molecule has 1 aromatic heterocycles. The van der Waals surface area contributed by atoms with Gasteiger partial charge in [-0.05, 0) is 32.5 Å². The summed E-state index contributed by atoms with van der Waals surface area (Å²) in [5, 5.41) is 0. The molecule has 0 aliphatic heterocycles. The van der Waals surface area contributed by atoms with Gasteiger partial charge in [0.25, 0.3) is 0 Å². The van der Waals surface area contributed by atoms with Crippen molar-refractivity contribution in [2.24, 2.45) is 5.73 Å². The number of aromatic nitrogens is 1. The summed E-state index contributed by atoms with van der Waals surface area (Å²) in [6.45, 7) is 5.32. The van der Waals surface area contributed by atoms with E-state index in [-0.39, 0.29) is 11.4 Å². The largest absolute Gasteiger partial charge is 0.329 e. The quantitative estimate of drug-likeness (QED) is 0.818. The van der Waals surface area contributed by atoms with Gasteiger partial charge in [0.2, 0.25) is 0 Å². The van der Waals surface area contributed by atoms with Crippen molar-refractivity contribution in [3.63, 3.8) is 0 Å². The molecule has 84 valence electrons. The number of hydrogen-bond donors (Lipinski definition) is 1. The molecule has 0 bridgehead atoms. The van der Waals surface area contributed by atoms with Crippen molar-refractivity contribution in [3.05, 3.63) is 29.8 Å². The van der Waals surface area contributed by atoms with Gasteiger partial charge in [0.05, 0.1) is 6.20 Å². The van der Waals surface area contributed by atoms with Crippen LogP contribution in [-0.4, -0.2) is 29.0 Å². The Morgan fingerprint density at radius 1 is 1.47 bits per heavy atom. The fourth-order valence-corrected chi connectivity index (χ4v) is 1.19. The van der Waals surface area contributed by atoms with Gasteiger partial charge in [0.1, 0.15) is 5.82 Å². The van der Waals surface area contributed by atoms with Crippen LogP contribution in [-0.2, 0) is 6.54 Å². The van der Waals surface area contributed by atoms with Crippen LogP contribution in [0, 0.1) is 5.82 Å². The number of likely N-dealkylation sites (N-methyl/N-ethyl adjacent to an activating group) is 1. The molecule has 0 amide bonds. The van der Waals surface area contributed by atoms with Crippen LogP contribution in [0.15, 0.2) is 18.5 Å². The van der Waals surface area contributed by atoms with Gasteiger partial charge in [-0.1, -0.05) is 0 Å². The van der Waals surface area contributed by atoms with Gasteiger partial charge in [0, 0.05) is 24.8 Å². The molecule has 3 nitrogen and oxygen atoms in total. The van der Waals surface area contributed by atoms with E-state index in [1.165, 1.54) is 12.3 Å². The van der Waals surface area contributed by atoms with Crippen LogP contribution in [0.4, 0.5) is 4.39 Å². The fourth-order valence-electron chi connectivity index (χ4n) is 1.19. The molecule has 1 rings (SSSR count). The molecule has 0 radical (unpaired) electrons. The van der Waals surface area contributed by atoms with E-state index in [4.69, 9.17) is 5.73 Å². The molecule has 1 aromatic rings. The summed E-state index contributed by atoms with van der Waals surface area (Å²) in [5.74, 6) is -0.300. The second kappa shape index (κ2) is 4.68. The van der Waals surface area contributed by atoms with Crippen molar-refractivity contribution in [1.82, 2.24) is 9.88 Å². The Morgan fingerprint density at radius 3 is 2.67 bits per heavy atom. The first-order chi connectivity index (χ1) is 6.95. The zero-order valence-corrected chi connectivity index (χ0v) is 9.50. The molecule has 0 aliphatic carbocycles. The minimum absolute atomic E-state index is 0.0910. The Hall–Kier alpha value is -1.00. The maximum atomic E-state index is 12.9. The van der Waals surface area contributed by atoms with Crippen molar-refractivity contribution >= 4 is 0 Å². The van der Waals surface area contributed by atoms with E-state index < -0.39 is 0 Å². The second-order valence-electron chi connectivity index (χ2n) is 4.38. The van der Waals surface area contributed by atoms with E-state index in [1.807, 2.05) is 7.05 Å². The highest BCUT2D eigenvalue weighted by Gasteiger charge is 2.21. The second-order valence-corrected chi connectivity index (χ2v) is 4.38. The highest BCUT2D eigenvalue weighted by Crippen LogP contribution is 2.14. The van der Waals surface area contributed by atoms with Gasteiger partial charge in [-0.3, -0.25) is 9.88 Å². The van der Waals surface area contributed by atoms with Crippen LogP contribution in [0.25, 0.3) is 0 Å². The van der Waals surface area contributed by atoms with E-state index in [1.54, 1.807) is 6.20 Å². The van der Waals surface area contributed by atoms with Gasteiger partial charge in [-0.25, -0.2) is 4.39 Å². The normalized spacial score (nSPS) is 12.1. The summed E-state index contributed by atoms with van der Waals surface area (Å²) in [5.41, 5.74) is 6.43. The molecular formula is C11H18FN3. The Bertz CT molecular complexity index is 325. The van der Waals surface area contributed by atoms with Gasteiger partial charge in [-0.15, -0.1) is 0 Å². The number of hydrogen-bond acceptors (Lipinski definition) is 3. The van der Waals surface area contributed by atoms with E-state index in [0.29, 0.717) is 13.1 Å². The summed E-state index contributed by atoms with van der Waals surface area (Å²) in [6, 6.07) is 1.50. The molecule has 0 spiro atoms. The molecule has 4 heteroatoms. The Balaban J connectivity index is 2.70. The molecule has 0 aliphatic rings. The summed E-state index contributed by atoms with van der Waals surface area (Å²) in [6.07, 6.45) is 2.88. The van der Waals surface area contributed by atoms with Crippen LogP contribution < -0.4 is 5.73 Å². The lowest BCUT2D eigenvalue weighted by Gasteiger charge is -2.34. The van der Waals surface area contributed by atoms with Crippen molar-refractivity contribution < 1.29 is 4.39 Å². The van der Waals surface area contributed by atoms with Gasteiger partial charge in [0.15, 0.2) is 0 Å². The minimum Gasteiger partial charge on any atom is -0.329 e. The first kappa shape index (κ1) is 12.1. The summed E-state index contributed by atoms with van der Waals surface area (Å²) >= 11 is 0. The maximum absolute atomic E-state index is 12.9. The first-order valence-corrected chi connectivity index (χ1v) is 4.96. The lowest BCUT2D eigenvalue weighted by atomic mass is 10.0. The number of halogens is 1. The smallest absolute Gasteiger partial charge is 0.141 e. The number of nitrogens with two attached hydrogens (primary N) is 1. The monoisotopic (exact) mass is 211 g/mol. The number of nitrogens with zero attached hydrogens (tertiary/aromatic N) is 2. The number of pyridine rings is 1. The zero-order valence-electron chi connectivity index (χ0n) is 9.50. The minimum atomic E-state index is -0.300. The first-order valence-electron chi connectivity index (χ1n) is 4.96. The predicted octanol–water partition coefficient (Wildman–Crippen LogP) is 1.39. The van der Waals surface area contributed by atoms with Crippen LogP contribution in [0.2, 0.25) is 0 Å². The van der Waals surface area contributed by atoms with Crippen molar-refractivity contribution in [3.8, 4) is 0 Å². The highest BCUT2D eigenvalue weighted by atomic mass is 19.1. The Kier molecular flexibility index (Phi) is 3.77. The van der Waals surface area contributed by atoms with Gasteiger partial charge >= 0.3 is 0 Å². The van der Waals surface area contributed by atoms with Crippen molar-refractivity contribution in [2.45, 2.75) is 25.9 Å². The third-order valence-corrected chi connectivity index (χ3v) is 2.71. The molecule has 0 unspecified atom stereocenters. The maximum Gasteiger partial charge on any atom is 0.141 e. The lowest BCUT2D eigenvalue weighted by molar-refractivity contribution is 0.155. The third kappa shape index (κ3) is 3.25. The number of rotatable bonds is 4. The molecule has 0 saturated heterocycles. The molecule has 0 aromatic carbocycles. The predicted molar refractivity (Wildman–Crippen MR) is 58.8 cm³/mol. The topological polar surface area (TPSA) is 42.2 Å². The molecule has 0 atom stereocenters. The van der Waals surface area contributed by atoms with Crippen LogP contribution in [0.3, 0.4) is 0 Å². The fraction of sp³-hybridized carbons (Fsp3) is 0.545. The van der Waals surface area contributed by atoms with E-state index in [2.05, 4.69) is 23.7 Å². The van der Waals surface area contributed by atoms with E-state index in [0.717, 1.165) is 5.56 Å². The van der Waals surface area contributed by atoms with Crippen LogP contribution in [0.5, 0.6) is 0 Å². The summed E-state index contributed by atoms with van der Waals surface area (Å²) in [4.78, 5) is 5.90. The molecular weight excluding hydrogens is 193 g/mol. The molecule has 0 fully saturated rings. The lowest BCUT2D eigenvalue weighted by Crippen LogP contribution is -2.46. The summed E-state index contributed by atoms with van der Waals surface area (Å²) < 4.78 is 12.9. The zero-order chi connectivity index (χ0) is 11.5.